The summed E-state index contributed by atoms with van der Waals surface area (Å²) >= 11 is 0. The molecule has 1 rings (SSSR count). The number of hydrazine groups is 2. The van der Waals surface area contributed by atoms with Crippen molar-refractivity contribution in [3.63, 3.8) is 0 Å². The summed E-state index contributed by atoms with van der Waals surface area (Å²) in [4.78, 5) is 0. The molecule has 2 atom stereocenters. The van der Waals surface area contributed by atoms with Crippen molar-refractivity contribution in [2.75, 3.05) is 6.54 Å². The van der Waals surface area contributed by atoms with Gasteiger partial charge in [0, 0.05) is 12.6 Å². The zero-order valence-corrected chi connectivity index (χ0v) is 9.60. The summed E-state index contributed by atoms with van der Waals surface area (Å²) in [7, 11) is 0. The summed E-state index contributed by atoms with van der Waals surface area (Å²) in [6, 6.07) is 0.567. The van der Waals surface area contributed by atoms with Gasteiger partial charge in [0.25, 0.3) is 0 Å². The second kappa shape index (κ2) is 7.21. The summed E-state index contributed by atoms with van der Waals surface area (Å²) in [5.41, 5.74) is 9.57. The Balaban J connectivity index is 2.20. The molecule has 3 N–H and O–H groups in total. The van der Waals surface area contributed by atoms with Gasteiger partial charge in [-0.1, -0.05) is 32.6 Å². The minimum Gasteiger partial charge on any atom is -0.244 e. The number of rotatable bonds is 0. The van der Waals surface area contributed by atoms with Gasteiger partial charge in [-0.25, -0.2) is 10.9 Å². The van der Waals surface area contributed by atoms with Crippen molar-refractivity contribution >= 4 is 0 Å². The Morgan fingerprint density at radius 1 is 0.929 bits per heavy atom. The van der Waals surface area contributed by atoms with E-state index in [4.69, 9.17) is 0 Å². The first-order chi connectivity index (χ1) is 6.79. The molecule has 84 valence electrons. The topological polar surface area (TPSA) is 36.1 Å². The first kappa shape index (κ1) is 12.0. The fourth-order valence-electron chi connectivity index (χ4n) is 1.87. The van der Waals surface area contributed by atoms with E-state index in [0.717, 1.165) is 12.5 Å². The summed E-state index contributed by atoms with van der Waals surface area (Å²) in [6.45, 7) is 5.59. The van der Waals surface area contributed by atoms with Crippen LogP contribution in [0.4, 0.5) is 0 Å². The minimum absolute atomic E-state index is 0.567. The molecule has 0 aliphatic carbocycles. The molecule has 0 bridgehead atoms. The fourth-order valence-corrected chi connectivity index (χ4v) is 1.87. The van der Waals surface area contributed by atoms with Crippen LogP contribution in [-0.4, -0.2) is 12.6 Å². The highest BCUT2D eigenvalue weighted by Crippen LogP contribution is 2.11. The standard InChI is InChI=1S/C11H25N3/c1-10-7-5-3-4-6-8-11(2)13-14-12-9-10/h10-14H,3-9H2,1-2H3. The Morgan fingerprint density at radius 2 is 1.64 bits per heavy atom. The van der Waals surface area contributed by atoms with Crippen molar-refractivity contribution in [1.82, 2.24) is 16.4 Å². The lowest BCUT2D eigenvalue weighted by atomic mass is 10.0. The molecule has 1 aliphatic heterocycles. The summed E-state index contributed by atoms with van der Waals surface area (Å²) < 4.78 is 0. The van der Waals surface area contributed by atoms with Crippen LogP contribution in [0.5, 0.6) is 0 Å². The van der Waals surface area contributed by atoms with Gasteiger partial charge in [-0.2, -0.15) is 5.53 Å². The summed E-state index contributed by atoms with van der Waals surface area (Å²) in [6.07, 6.45) is 8.17. The van der Waals surface area contributed by atoms with Crippen molar-refractivity contribution in [3.05, 3.63) is 0 Å². The van der Waals surface area contributed by atoms with Crippen molar-refractivity contribution in [2.45, 2.75) is 58.4 Å². The molecule has 3 heteroatoms. The zero-order chi connectivity index (χ0) is 10.2. The van der Waals surface area contributed by atoms with Crippen molar-refractivity contribution in [3.8, 4) is 0 Å². The lowest BCUT2D eigenvalue weighted by Gasteiger charge is -2.19. The Kier molecular flexibility index (Phi) is 6.15. The highest BCUT2D eigenvalue weighted by Gasteiger charge is 2.05. The molecule has 0 aromatic rings. The van der Waals surface area contributed by atoms with E-state index in [1.54, 1.807) is 0 Å². The molecule has 1 fully saturated rings. The highest BCUT2D eigenvalue weighted by atomic mass is 15.6. The summed E-state index contributed by atoms with van der Waals surface area (Å²) in [5, 5.41) is 0. The molecule has 1 heterocycles. The molecular formula is C11H25N3. The van der Waals surface area contributed by atoms with Gasteiger partial charge in [-0.3, -0.25) is 0 Å². The minimum atomic E-state index is 0.567. The second-order valence-corrected chi connectivity index (χ2v) is 4.65. The largest absolute Gasteiger partial charge is 0.244 e. The predicted molar refractivity (Wildman–Crippen MR) is 60.6 cm³/mol. The van der Waals surface area contributed by atoms with Gasteiger partial charge in [-0.15, -0.1) is 0 Å². The Morgan fingerprint density at radius 3 is 2.43 bits per heavy atom. The number of hydrogen-bond acceptors (Lipinski definition) is 3. The lowest BCUT2D eigenvalue weighted by Crippen LogP contribution is -2.48. The van der Waals surface area contributed by atoms with Gasteiger partial charge in [-0.05, 0) is 25.7 Å². The van der Waals surface area contributed by atoms with E-state index in [1.807, 2.05) is 0 Å². The maximum Gasteiger partial charge on any atom is 0.0197 e. The molecule has 14 heavy (non-hydrogen) atoms. The smallest absolute Gasteiger partial charge is 0.0197 e. The fraction of sp³-hybridized carbons (Fsp3) is 1.00. The molecule has 0 radical (unpaired) electrons. The Labute approximate surface area is 88.0 Å². The highest BCUT2D eigenvalue weighted by molar-refractivity contribution is 4.60. The molecule has 2 unspecified atom stereocenters. The van der Waals surface area contributed by atoms with Crippen LogP contribution in [0.2, 0.25) is 0 Å². The van der Waals surface area contributed by atoms with Crippen LogP contribution in [0.25, 0.3) is 0 Å². The maximum absolute atomic E-state index is 3.26. The van der Waals surface area contributed by atoms with E-state index in [9.17, 15) is 0 Å². The molecule has 0 aromatic heterocycles. The molecular weight excluding hydrogens is 174 g/mol. The Hall–Kier alpha value is -0.120. The van der Waals surface area contributed by atoms with Crippen LogP contribution < -0.4 is 16.4 Å². The molecule has 0 spiro atoms. The first-order valence-electron chi connectivity index (χ1n) is 6.02. The third-order valence-electron chi connectivity index (χ3n) is 2.94. The molecule has 0 amide bonds. The molecule has 3 nitrogen and oxygen atoms in total. The van der Waals surface area contributed by atoms with E-state index in [1.165, 1.54) is 38.5 Å². The van der Waals surface area contributed by atoms with E-state index in [-0.39, 0.29) is 0 Å². The monoisotopic (exact) mass is 199 g/mol. The second-order valence-electron chi connectivity index (χ2n) is 4.65. The van der Waals surface area contributed by atoms with Crippen LogP contribution in [0.3, 0.4) is 0 Å². The van der Waals surface area contributed by atoms with Crippen molar-refractivity contribution < 1.29 is 0 Å². The lowest BCUT2D eigenvalue weighted by molar-refractivity contribution is 0.326. The average Bonchev–Trinajstić information content (AvgIpc) is 2.16. The van der Waals surface area contributed by atoms with Gasteiger partial charge < -0.3 is 0 Å². The van der Waals surface area contributed by atoms with Gasteiger partial charge in [0.15, 0.2) is 0 Å². The van der Waals surface area contributed by atoms with Gasteiger partial charge in [0.2, 0.25) is 0 Å². The number of hydrogen-bond donors (Lipinski definition) is 3. The van der Waals surface area contributed by atoms with Crippen LogP contribution in [0.15, 0.2) is 0 Å². The summed E-state index contributed by atoms with van der Waals surface area (Å²) in [5.74, 6) is 0.777. The van der Waals surface area contributed by atoms with Gasteiger partial charge >= 0.3 is 0 Å². The van der Waals surface area contributed by atoms with Crippen molar-refractivity contribution in [2.24, 2.45) is 5.92 Å². The molecule has 1 aliphatic rings. The predicted octanol–water partition coefficient (Wildman–Crippen LogP) is 1.96. The molecule has 0 saturated carbocycles. The van der Waals surface area contributed by atoms with Crippen LogP contribution in [0.1, 0.15) is 52.4 Å². The molecule has 1 saturated heterocycles. The first-order valence-corrected chi connectivity index (χ1v) is 6.02. The van der Waals surface area contributed by atoms with Gasteiger partial charge in [0.05, 0.1) is 0 Å². The SMILES string of the molecule is CC1CCCCCCC(C)NNNC1. The van der Waals surface area contributed by atoms with Gasteiger partial charge in [0.1, 0.15) is 0 Å². The van der Waals surface area contributed by atoms with Crippen LogP contribution in [0, 0.1) is 5.92 Å². The van der Waals surface area contributed by atoms with Crippen LogP contribution in [-0.2, 0) is 0 Å². The normalized spacial score (nSPS) is 33.0. The Bertz CT molecular complexity index is 122. The third-order valence-corrected chi connectivity index (χ3v) is 2.94. The van der Waals surface area contributed by atoms with Crippen LogP contribution >= 0.6 is 0 Å². The van der Waals surface area contributed by atoms with E-state index in [0.29, 0.717) is 6.04 Å². The van der Waals surface area contributed by atoms with Crippen molar-refractivity contribution in [1.29, 1.82) is 0 Å². The van der Waals surface area contributed by atoms with E-state index < -0.39 is 0 Å². The zero-order valence-electron chi connectivity index (χ0n) is 9.60. The maximum atomic E-state index is 3.26. The quantitative estimate of drug-likeness (QED) is 0.558. The van der Waals surface area contributed by atoms with E-state index in [2.05, 4.69) is 30.2 Å². The average molecular weight is 199 g/mol. The number of nitrogens with one attached hydrogen (secondary N) is 3. The third kappa shape index (κ3) is 5.58. The molecule has 0 aromatic carbocycles. The van der Waals surface area contributed by atoms with E-state index >= 15 is 0 Å².